The molecule has 0 aliphatic heterocycles. The summed E-state index contributed by atoms with van der Waals surface area (Å²) < 4.78 is 32.4. The molecule has 1 aliphatic carbocycles. The normalized spacial score (nSPS) is 28.9. The number of ketones is 2. The van der Waals surface area contributed by atoms with Crippen molar-refractivity contribution in [3.8, 4) is 0 Å². The van der Waals surface area contributed by atoms with Crippen molar-refractivity contribution in [1.29, 1.82) is 0 Å². The fraction of sp³-hybridized carbons (Fsp3) is 0.333. The highest BCUT2D eigenvalue weighted by Gasteiger charge is 2.30. The lowest BCUT2D eigenvalue weighted by Crippen LogP contribution is -2.36. The van der Waals surface area contributed by atoms with Crippen LogP contribution in [0.15, 0.2) is 23.0 Å². The summed E-state index contributed by atoms with van der Waals surface area (Å²) in [6.45, 7) is -0.474. The van der Waals surface area contributed by atoms with Gasteiger partial charge in [0.25, 0.3) is 5.56 Å². The molecule has 6 nitrogen and oxygen atoms in total. The molecule has 3 rings (SSSR count). The number of nitrogens with two attached hydrogens (primary N) is 1. The maximum Gasteiger partial charge on any atom is 0.264 e. The molecule has 1 aromatic carbocycles. The van der Waals surface area contributed by atoms with Crippen LogP contribution in [-0.2, 0) is 9.59 Å². The van der Waals surface area contributed by atoms with Gasteiger partial charge in [0.1, 0.15) is 11.6 Å². The summed E-state index contributed by atoms with van der Waals surface area (Å²) >= 11 is 0. The third kappa shape index (κ3) is 2.12. The largest absolute Gasteiger partial charge is 0.398 e. The average Bonchev–Trinajstić information content (AvgIpc) is 2.55. The first-order valence-corrected chi connectivity index (χ1v) is 6.29. The van der Waals surface area contributed by atoms with Crippen molar-refractivity contribution in [2.45, 2.75) is 32.2 Å². The van der Waals surface area contributed by atoms with Crippen molar-refractivity contribution in [1.82, 2.24) is 9.55 Å². The summed E-state index contributed by atoms with van der Waals surface area (Å²) in [5.74, 6) is -1.55. The van der Waals surface area contributed by atoms with Gasteiger partial charge in [0, 0.05) is 14.8 Å². The highest BCUT2D eigenvalue weighted by molar-refractivity contribution is 6.03. The van der Waals surface area contributed by atoms with Gasteiger partial charge in [-0.05, 0) is 25.4 Å². The van der Waals surface area contributed by atoms with Gasteiger partial charge in [0.05, 0.1) is 26.1 Å². The predicted molar refractivity (Wildman–Crippen MR) is 78.1 cm³/mol. The lowest BCUT2D eigenvalue weighted by Gasteiger charge is -2.24. The van der Waals surface area contributed by atoms with E-state index in [0.717, 1.165) is 4.57 Å². The zero-order valence-electron chi connectivity index (χ0n) is 15.0. The third-order valence-corrected chi connectivity index (χ3v) is 3.38. The molecule has 6 heteroatoms. The first-order valence-electron chi connectivity index (χ1n) is 8.58. The zero-order chi connectivity index (χ0) is 18.5. The first-order chi connectivity index (χ1) is 11.7. The van der Waals surface area contributed by atoms with Crippen molar-refractivity contribution in [2.75, 3.05) is 5.73 Å². The van der Waals surface area contributed by atoms with E-state index in [4.69, 9.17) is 11.2 Å². The lowest BCUT2D eigenvalue weighted by molar-refractivity contribution is -0.132. The van der Waals surface area contributed by atoms with Crippen molar-refractivity contribution in [3.63, 3.8) is 0 Å². The Kier molecular flexibility index (Phi) is 2.16. The van der Waals surface area contributed by atoms with Crippen LogP contribution in [0.3, 0.4) is 0 Å². The van der Waals surface area contributed by atoms with E-state index < -0.39 is 49.3 Å². The standard InChI is InChI=1S/C15H15N3O3/c1-8-17-11-4-2-3-10(16)14(11)15(21)18(8)12-6-5-9(19)7-13(12)20/h2-4,12H,5-7,16H2,1H3/i1D,3D,5D,12D. The van der Waals surface area contributed by atoms with Crippen LogP contribution in [0.5, 0.6) is 0 Å². The van der Waals surface area contributed by atoms with Crippen LogP contribution in [0.1, 0.15) is 36.6 Å². The Hall–Kier alpha value is -2.50. The summed E-state index contributed by atoms with van der Waals surface area (Å²) in [5.41, 5.74) is 5.03. The van der Waals surface area contributed by atoms with E-state index in [0.29, 0.717) is 0 Å². The second-order valence-corrected chi connectivity index (χ2v) is 4.74. The molecule has 0 amide bonds. The van der Waals surface area contributed by atoms with Gasteiger partial charge in [-0.1, -0.05) is 6.07 Å². The molecule has 2 N–H and O–H groups in total. The second kappa shape index (κ2) is 4.80. The summed E-state index contributed by atoms with van der Waals surface area (Å²) in [6.07, 6.45) is -2.42. The third-order valence-electron chi connectivity index (χ3n) is 3.38. The topological polar surface area (TPSA) is 95.0 Å². The summed E-state index contributed by atoms with van der Waals surface area (Å²) in [5, 5.41) is -0.109. The Bertz CT molecular complexity index is 975. The number of nitrogen functional groups attached to an aromatic ring is 1. The molecule has 1 aliphatic rings. The highest BCUT2D eigenvalue weighted by Crippen LogP contribution is 2.24. The van der Waals surface area contributed by atoms with Gasteiger partial charge in [0.2, 0.25) is 0 Å². The molecule has 1 saturated carbocycles. The Morgan fingerprint density at radius 3 is 3.14 bits per heavy atom. The molecule has 1 aromatic heterocycles. The van der Waals surface area contributed by atoms with E-state index in [9.17, 15) is 14.4 Å². The highest BCUT2D eigenvalue weighted by atomic mass is 16.2. The molecule has 2 atom stereocenters. The molecule has 1 heterocycles. The van der Waals surface area contributed by atoms with Crippen LogP contribution in [0, 0.1) is 6.90 Å². The molecule has 0 radical (unpaired) electrons. The average molecular weight is 289 g/mol. The van der Waals surface area contributed by atoms with Crippen molar-refractivity contribution in [2.24, 2.45) is 0 Å². The van der Waals surface area contributed by atoms with Gasteiger partial charge >= 0.3 is 0 Å². The van der Waals surface area contributed by atoms with Gasteiger partial charge in [-0.2, -0.15) is 0 Å². The minimum Gasteiger partial charge on any atom is -0.398 e. The number of fused-ring (bicyclic) bond motifs is 1. The van der Waals surface area contributed by atoms with E-state index in [1.807, 2.05) is 0 Å². The number of aryl methyl sites for hydroxylation is 1. The molecule has 2 aromatic rings. The Balaban J connectivity index is 2.37. The number of hydrogen-bond acceptors (Lipinski definition) is 5. The van der Waals surface area contributed by atoms with Gasteiger partial charge < -0.3 is 5.73 Å². The van der Waals surface area contributed by atoms with Gasteiger partial charge in [-0.3, -0.25) is 19.0 Å². The van der Waals surface area contributed by atoms with Crippen LogP contribution in [-0.4, -0.2) is 21.1 Å². The smallest absolute Gasteiger partial charge is 0.264 e. The number of rotatable bonds is 1. The number of hydrogen-bond donors (Lipinski definition) is 1. The maximum absolute atomic E-state index is 13.0. The zero-order valence-corrected chi connectivity index (χ0v) is 11.0. The molecule has 0 bridgehead atoms. The number of aromatic nitrogens is 2. The minimum atomic E-state index is -2.19. The number of nitrogens with zero attached hydrogens (tertiary/aromatic N) is 2. The van der Waals surface area contributed by atoms with Gasteiger partial charge in [-0.25, -0.2) is 4.98 Å². The fourth-order valence-electron chi connectivity index (χ4n) is 2.39. The van der Waals surface area contributed by atoms with Crippen molar-refractivity contribution in [3.05, 3.63) is 34.4 Å². The Morgan fingerprint density at radius 2 is 2.38 bits per heavy atom. The molecule has 0 saturated heterocycles. The van der Waals surface area contributed by atoms with Crippen molar-refractivity contribution < 1.29 is 15.1 Å². The van der Waals surface area contributed by atoms with Crippen LogP contribution < -0.4 is 11.3 Å². The Morgan fingerprint density at radius 1 is 1.57 bits per heavy atom. The van der Waals surface area contributed by atoms with Gasteiger partial charge in [0.15, 0.2) is 5.78 Å². The van der Waals surface area contributed by atoms with E-state index >= 15 is 0 Å². The minimum absolute atomic E-state index is 0.0980. The van der Waals surface area contributed by atoms with Crippen LogP contribution in [0.25, 0.3) is 10.9 Å². The van der Waals surface area contributed by atoms with Crippen LogP contribution >= 0.6 is 0 Å². The van der Waals surface area contributed by atoms with E-state index in [-0.39, 0.29) is 28.5 Å². The monoisotopic (exact) mass is 289 g/mol. The SMILES string of the molecule is [2H]Cc1nc2ccc([2H])c(N)c2c(=O)n1C1([2H])CC([2H])C(=O)CC1=O. The summed E-state index contributed by atoms with van der Waals surface area (Å²) in [7, 11) is 0. The predicted octanol–water partition coefficient (Wildman–Crippen LogP) is 1.15. The molecule has 1 fully saturated rings. The van der Waals surface area contributed by atoms with E-state index in [1.165, 1.54) is 12.1 Å². The number of benzene rings is 1. The summed E-state index contributed by atoms with van der Waals surface area (Å²) in [4.78, 5) is 41.1. The molecule has 0 spiro atoms. The maximum atomic E-state index is 13.0. The number of Topliss-reactive ketones (excluding diaryl/α,β-unsaturated/α-hetero) is 2. The number of anilines is 1. The number of carbonyl (C=O) groups is 2. The molecular weight excluding hydrogens is 270 g/mol. The molecule has 21 heavy (non-hydrogen) atoms. The van der Waals surface area contributed by atoms with Gasteiger partial charge in [-0.15, -0.1) is 0 Å². The second-order valence-electron chi connectivity index (χ2n) is 4.74. The fourth-order valence-corrected chi connectivity index (χ4v) is 2.39. The quantitative estimate of drug-likeness (QED) is 0.627. The van der Waals surface area contributed by atoms with Crippen LogP contribution in [0.2, 0.25) is 0 Å². The van der Waals surface area contributed by atoms with Crippen LogP contribution in [0.4, 0.5) is 5.69 Å². The Labute approximate surface area is 126 Å². The summed E-state index contributed by atoms with van der Waals surface area (Å²) in [6, 6.07) is 0.483. The molecular formula is C15H15N3O3. The molecule has 2 unspecified atom stereocenters. The van der Waals surface area contributed by atoms with E-state index in [1.54, 1.807) is 0 Å². The van der Waals surface area contributed by atoms with Crippen molar-refractivity contribution >= 4 is 28.2 Å². The number of carbonyl (C=O) groups excluding carboxylic acids is 2. The lowest BCUT2D eigenvalue weighted by atomic mass is 9.92. The first kappa shape index (κ1) is 9.44. The van der Waals surface area contributed by atoms with E-state index in [2.05, 4.69) is 4.98 Å². The molecule has 108 valence electrons.